The lowest BCUT2D eigenvalue weighted by Gasteiger charge is -2.09. The topological polar surface area (TPSA) is 46.6 Å². The Kier molecular flexibility index (Phi) is 2.61. The molecule has 0 aromatic heterocycles. The lowest BCUT2D eigenvalue weighted by molar-refractivity contribution is -0.180. The fourth-order valence-corrected chi connectivity index (χ4v) is 1.03. The number of alkyl halides is 1. The zero-order valence-electron chi connectivity index (χ0n) is 5.17. The fourth-order valence-electron chi connectivity index (χ4n) is 0.749. The number of imide groups is 1. The molecular formula is C5H6INO3. The molecule has 1 aliphatic rings. The molecule has 0 aromatic rings. The summed E-state index contributed by atoms with van der Waals surface area (Å²) < 4.78 is 0.329. The van der Waals surface area contributed by atoms with E-state index in [4.69, 9.17) is 4.84 Å². The van der Waals surface area contributed by atoms with Gasteiger partial charge in [0.1, 0.15) is 4.61 Å². The molecule has 0 aromatic carbocycles. The van der Waals surface area contributed by atoms with E-state index < -0.39 is 0 Å². The van der Waals surface area contributed by atoms with Crippen LogP contribution in [0.25, 0.3) is 0 Å². The van der Waals surface area contributed by atoms with Crippen LogP contribution >= 0.6 is 22.6 Å². The van der Waals surface area contributed by atoms with E-state index in [1.807, 2.05) is 22.6 Å². The third kappa shape index (κ3) is 1.46. The maximum atomic E-state index is 10.8. The number of hydrogen-bond donors (Lipinski definition) is 0. The van der Waals surface area contributed by atoms with Crippen LogP contribution in [-0.2, 0) is 14.4 Å². The van der Waals surface area contributed by atoms with Crippen LogP contribution in [-0.4, -0.2) is 21.5 Å². The molecule has 1 aliphatic heterocycles. The summed E-state index contributed by atoms with van der Waals surface area (Å²) in [5.74, 6) is -0.469. The van der Waals surface area contributed by atoms with Gasteiger partial charge in [-0.25, -0.2) is 0 Å². The van der Waals surface area contributed by atoms with Crippen molar-refractivity contribution in [1.82, 2.24) is 5.06 Å². The number of amides is 2. The van der Waals surface area contributed by atoms with Crippen LogP contribution in [0.5, 0.6) is 0 Å². The molecule has 0 atom stereocenters. The van der Waals surface area contributed by atoms with Crippen molar-refractivity contribution in [1.29, 1.82) is 0 Å². The Morgan fingerprint density at radius 2 is 1.90 bits per heavy atom. The average molecular weight is 255 g/mol. The smallest absolute Gasteiger partial charge is 0.254 e. The molecular weight excluding hydrogens is 249 g/mol. The van der Waals surface area contributed by atoms with Crippen LogP contribution < -0.4 is 0 Å². The summed E-state index contributed by atoms with van der Waals surface area (Å²) in [6, 6.07) is 0. The van der Waals surface area contributed by atoms with E-state index in [-0.39, 0.29) is 24.7 Å². The third-order valence-electron chi connectivity index (χ3n) is 1.18. The van der Waals surface area contributed by atoms with Gasteiger partial charge in [-0.3, -0.25) is 14.4 Å². The molecule has 0 spiro atoms. The number of carbonyl (C=O) groups excluding carboxylic acids is 2. The summed E-state index contributed by atoms with van der Waals surface area (Å²) in [5.41, 5.74) is 0. The monoisotopic (exact) mass is 255 g/mol. The molecule has 2 amide bonds. The molecule has 5 heteroatoms. The maximum Gasteiger partial charge on any atom is 0.254 e. The molecule has 4 nitrogen and oxygen atoms in total. The van der Waals surface area contributed by atoms with Gasteiger partial charge in [-0.2, -0.15) is 5.06 Å². The highest BCUT2D eigenvalue weighted by atomic mass is 127. The van der Waals surface area contributed by atoms with Crippen molar-refractivity contribution in [2.75, 3.05) is 4.61 Å². The van der Waals surface area contributed by atoms with Gasteiger partial charge in [0.2, 0.25) is 0 Å². The predicted molar refractivity (Wildman–Crippen MR) is 41.1 cm³/mol. The Morgan fingerprint density at radius 3 is 2.30 bits per heavy atom. The van der Waals surface area contributed by atoms with Gasteiger partial charge in [-0.1, -0.05) is 22.6 Å². The Balaban J connectivity index is 2.54. The van der Waals surface area contributed by atoms with Crippen LogP contribution in [0.3, 0.4) is 0 Å². The Labute approximate surface area is 71.6 Å². The first-order chi connectivity index (χ1) is 4.75. The van der Waals surface area contributed by atoms with Gasteiger partial charge in [-0.15, -0.1) is 0 Å². The highest BCUT2D eigenvalue weighted by molar-refractivity contribution is 14.1. The Bertz CT molecular complexity index is 154. The van der Waals surface area contributed by atoms with Crippen molar-refractivity contribution in [2.45, 2.75) is 12.8 Å². The predicted octanol–water partition coefficient (Wildman–Crippen LogP) is 0.460. The molecule has 0 aliphatic carbocycles. The average Bonchev–Trinajstić information content (AvgIpc) is 2.20. The van der Waals surface area contributed by atoms with Crippen molar-refractivity contribution in [3.8, 4) is 0 Å². The van der Waals surface area contributed by atoms with E-state index in [1.54, 1.807) is 0 Å². The first kappa shape index (κ1) is 7.93. The van der Waals surface area contributed by atoms with Gasteiger partial charge in [0.25, 0.3) is 11.8 Å². The fraction of sp³-hybridized carbons (Fsp3) is 0.600. The summed E-state index contributed by atoms with van der Waals surface area (Å²) >= 11 is 1.93. The van der Waals surface area contributed by atoms with Gasteiger partial charge in [0, 0.05) is 12.8 Å². The largest absolute Gasteiger partial charge is 0.272 e. The van der Waals surface area contributed by atoms with Gasteiger partial charge in [-0.05, 0) is 0 Å². The van der Waals surface area contributed by atoms with E-state index in [0.29, 0.717) is 4.61 Å². The molecule has 1 saturated heterocycles. The normalized spacial score (nSPS) is 18.7. The van der Waals surface area contributed by atoms with E-state index in [9.17, 15) is 9.59 Å². The summed E-state index contributed by atoms with van der Waals surface area (Å²) in [4.78, 5) is 26.3. The molecule has 0 bridgehead atoms. The van der Waals surface area contributed by atoms with Gasteiger partial charge < -0.3 is 0 Å². The van der Waals surface area contributed by atoms with E-state index >= 15 is 0 Å². The SMILES string of the molecule is O=C1CCC(=O)N1OCI. The van der Waals surface area contributed by atoms with Crippen LogP contribution in [0.2, 0.25) is 0 Å². The standard InChI is InChI=1S/C5H6INO3/c6-3-10-7-4(8)1-2-5(7)9/h1-3H2. The minimum absolute atomic E-state index is 0.235. The number of nitrogens with zero attached hydrogens (tertiary/aromatic N) is 1. The Morgan fingerprint density at radius 1 is 1.40 bits per heavy atom. The molecule has 1 fully saturated rings. The van der Waals surface area contributed by atoms with Gasteiger partial charge in [0.15, 0.2) is 0 Å². The molecule has 1 rings (SSSR count). The number of halogens is 1. The van der Waals surface area contributed by atoms with Crippen LogP contribution in [0.4, 0.5) is 0 Å². The quantitative estimate of drug-likeness (QED) is 0.409. The summed E-state index contributed by atoms with van der Waals surface area (Å²) in [6.07, 6.45) is 0.574. The lowest BCUT2D eigenvalue weighted by Crippen LogP contribution is -2.28. The molecule has 0 N–H and O–H groups in total. The van der Waals surface area contributed by atoms with Crippen molar-refractivity contribution >= 4 is 34.4 Å². The Hall–Kier alpha value is -0.170. The zero-order chi connectivity index (χ0) is 7.56. The van der Waals surface area contributed by atoms with Crippen LogP contribution in [0, 0.1) is 0 Å². The van der Waals surface area contributed by atoms with Crippen molar-refractivity contribution in [3.05, 3.63) is 0 Å². The number of rotatable bonds is 2. The first-order valence-electron chi connectivity index (χ1n) is 2.80. The molecule has 0 saturated carbocycles. The minimum Gasteiger partial charge on any atom is -0.272 e. The maximum absolute atomic E-state index is 10.8. The summed E-state index contributed by atoms with van der Waals surface area (Å²) in [7, 11) is 0. The molecule has 10 heavy (non-hydrogen) atoms. The second-order valence-electron chi connectivity index (χ2n) is 1.82. The molecule has 0 unspecified atom stereocenters. The molecule has 56 valence electrons. The zero-order valence-corrected chi connectivity index (χ0v) is 7.33. The first-order valence-corrected chi connectivity index (χ1v) is 4.33. The molecule has 0 radical (unpaired) electrons. The minimum atomic E-state index is -0.235. The summed E-state index contributed by atoms with van der Waals surface area (Å²) in [6.45, 7) is 0. The van der Waals surface area contributed by atoms with Crippen LogP contribution in [0.1, 0.15) is 12.8 Å². The highest BCUT2D eigenvalue weighted by Gasteiger charge is 2.29. The highest BCUT2D eigenvalue weighted by Crippen LogP contribution is 2.12. The van der Waals surface area contributed by atoms with Crippen LogP contribution in [0.15, 0.2) is 0 Å². The number of carbonyl (C=O) groups is 2. The molecule has 1 heterocycles. The number of hydrogen-bond acceptors (Lipinski definition) is 3. The van der Waals surface area contributed by atoms with Gasteiger partial charge in [0.05, 0.1) is 0 Å². The van der Waals surface area contributed by atoms with E-state index in [1.165, 1.54) is 0 Å². The summed E-state index contributed by atoms with van der Waals surface area (Å²) in [5, 5.41) is 0.840. The number of hydroxylamine groups is 2. The third-order valence-corrected chi connectivity index (χ3v) is 1.46. The van der Waals surface area contributed by atoms with Gasteiger partial charge >= 0.3 is 0 Å². The van der Waals surface area contributed by atoms with E-state index in [0.717, 1.165) is 5.06 Å². The second kappa shape index (κ2) is 3.29. The van der Waals surface area contributed by atoms with E-state index in [2.05, 4.69) is 0 Å². The van der Waals surface area contributed by atoms with Crippen molar-refractivity contribution < 1.29 is 14.4 Å². The van der Waals surface area contributed by atoms with Crippen molar-refractivity contribution in [3.63, 3.8) is 0 Å². The van der Waals surface area contributed by atoms with Crippen molar-refractivity contribution in [2.24, 2.45) is 0 Å². The second-order valence-corrected chi connectivity index (χ2v) is 2.44. The lowest BCUT2D eigenvalue weighted by atomic mass is 10.4.